The van der Waals surface area contributed by atoms with Crippen molar-refractivity contribution >= 4 is 40.0 Å². The summed E-state index contributed by atoms with van der Waals surface area (Å²) in [5, 5.41) is 4.21. The number of aromatic nitrogens is 2. The van der Waals surface area contributed by atoms with Gasteiger partial charge in [-0.3, -0.25) is 0 Å². The lowest BCUT2D eigenvalue weighted by molar-refractivity contribution is 0.594. The predicted molar refractivity (Wildman–Crippen MR) is 84.3 cm³/mol. The number of benzene rings is 1. The first-order chi connectivity index (χ1) is 9.22. The van der Waals surface area contributed by atoms with Crippen LogP contribution in [-0.2, 0) is 0 Å². The molecule has 1 unspecified atom stereocenters. The lowest BCUT2D eigenvalue weighted by atomic mass is 10.1. The smallest absolute Gasteiger partial charge is 0.129 e. The number of fused-ring (bicyclic) bond motifs is 1. The predicted octanol–water partition coefficient (Wildman–Crippen LogP) is 5.12. The molecule has 1 heterocycles. The van der Waals surface area contributed by atoms with Crippen molar-refractivity contribution in [2.75, 3.05) is 5.32 Å². The van der Waals surface area contributed by atoms with Crippen molar-refractivity contribution in [2.24, 2.45) is 0 Å². The van der Waals surface area contributed by atoms with Crippen LogP contribution in [0.25, 0.3) is 11.0 Å². The van der Waals surface area contributed by atoms with E-state index in [9.17, 15) is 0 Å². The third kappa shape index (κ3) is 3.80. The molecular formula is C14H20ClN3S. The Hall–Kier alpha value is -0.870. The van der Waals surface area contributed by atoms with E-state index in [1.807, 2.05) is 12.1 Å². The summed E-state index contributed by atoms with van der Waals surface area (Å²) in [5.41, 5.74) is 2.73. The van der Waals surface area contributed by atoms with E-state index in [-0.39, 0.29) is 0 Å². The van der Waals surface area contributed by atoms with Crippen molar-refractivity contribution in [3.8, 4) is 0 Å². The molecule has 0 aliphatic heterocycles. The number of rotatable bonds is 7. The summed E-state index contributed by atoms with van der Waals surface area (Å²) < 4.78 is 8.57. The molecule has 1 aromatic heterocycles. The van der Waals surface area contributed by atoms with Crippen LogP contribution in [0.2, 0.25) is 5.02 Å². The number of hydrogen-bond donors (Lipinski definition) is 1. The van der Waals surface area contributed by atoms with Crippen molar-refractivity contribution < 1.29 is 0 Å². The highest BCUT2D eigenvalue weighted by molar-refractivity contribution is 7.00. The lowest BCUT2D eigenvalue weighted by Gasteiger charge is -2.16. The summed E-state index contributed by atoms with van der Waals surface area (Å²) in [6.07, 6.45) is 6.31. The average Bonchev–Trinajstić information content (AvgIpc) is 2.87. The Labute approximate surface area is 123 Å². The van der Waals surface area contributed by atoms with Crippen LogP contribution in [-0.4, -0.2) is 14.8 Å². The van der Waals surface area contributed by atoms with E-state index in [0.29, 0.717) is 6.04 Å². The standard InChI is InChI=1S/C14H20ClN3S/c1-3-4-5-6-7-10(2)16-13-11(15)8-9-12-14(13)18-19-17-12/h8-10,16H,3-7H2,1-2H3. The molecule has 2 rings (SSSR count). The quantitative estimate of drug-likeness (QED) is 0.721. The Morgan fingerprint density at radius 1 is 1.26 bits per heavy atom. The minimum absolute atomic E-state index is 0.404. The topological polar surface area (TPSA) is 37.8 Å². The van der Waals surface area contributed by atoms with Gasteiger partial charge in [0.15, 0.2) is 0 Å². The number of halogens is 1. The Morgan fingerprint density at radius 2 is 2.11 bits per heavy atom. The summed E-state index contributed by atoms with van der Waals surface area (Å²) in [6.45, 7) is 4.43. The van der Waals surface area contributed by atoms with Crippen molar-refractivity contribution in [1.29, 1.82) is 0 Å². The van der Waals surface area contributed by atoms with E-state index in [1.54, 1.807) is 0 Å². The third-order valence-corrected chi connectivity index (χ3v) is 4.12. The number of nitrogens with zero attached hydrogens (tertiary/aromatic N) is 2. The molecule has 19 heavy (non-hydrogen) atoms. The van der Waals surface area contributed by atoms with Gasteiger partial charge in [-0.1, -0.05) is 44.2 Å². The zero-order chi connectivity index (χ0) is 13.7. The van der Waals surface area contributed by atoms with Gasteiger partial charge in [-0.2, -0.15) is 8.75 Å². The Kier molecular flexibility index (Phi) is 5.40. The van der Waals surface area contributed by atoms with Crippen molar-refractivity contribution in [1.82, 2.24) is 8.75 Å². The molecule has 104 valence electrons. The van der Waals surface area contributed by atoms with Gasteiger partial charge in [0, 0.05) is 6.04 Å². The summed E-state index contributed by atoms with van der Waals surface area (Å²) in [7, 11) is 0. The van der Waals surface area contributed by atoms with Crippen LogP contribution in [0.3, 0.4) is 0 Å². The molecule has 0 bridgehead atoms. The van der Waals surface area contributed by atoms with Gasteiger partial charge in [0.25, 0.3) is 0 Å². The second kappa shape index (κ2) is 7.06. The molecule has 1 N–H and O–H groups in total. The summed E-state index contributed by atoms with van der Waals surface area (Å²) in [6, 6.07) is 4.21. The van der Waals surface area contributed by atoms with Crippen LogP contribution in [0.15, 0.2) is 12.1 Å². The van der Waals surface area contributed by atoms with Gasteiger partial charge < -0.3 is 5.32 Å². The van der Waals surface area contributed by atoms with E-state index >= 15 is 0 Å². The fraction of sp³-hybridized carbons (Fsp3) is 0.571. The Morgan fingerprint density at radius 3 is 2.89 bits per heavy atom. The fourth-order valence-corrected chi connectivity index (χ4v) is 2.91. The van der Waals surface area contributed by atoms with Crippen LogP contribution in [0.4, 0.5) is 5.69 Å². The molecule has 0 fully saturated rings. The second-order valence-electron chi connectivity index (χ2n) is 4.95. The molecular weight excluding hydrogens is 278 g/mol. The summed E-state index contributed by atoms with van der Waals surface area (Å²) >= 11 is 7.49. The van der Waals surface area contributed by atoms with Crippen LogP contribution >= 0.6 is 23.3 Å². The average molecular weight is 298 g/mol. The molecule has 5 heteroatoms. The Bertz CT molecular complexity index is 526. The maximum Gasteiger partial charge on any atom is 0.129 e. The first-order valence-electron chi connectivity index (χ1n) is 6.89. The highest BCUT2D eigenvalue weighted by Gasteiger charge is 2.12. The van der Waals surface area contributed by atoms with E-state index < -0.39 is 0 Å². The van der Waals surface area contributed by atoms with E-state index in [0.717, 1.165) is 28.2 Å². The van der Waals surface area contributed by atoms with Gasteiger partial charge >= 0.3 is 0 Å². The lowest BCUT2D eigenvalue weighted by Crippen LogP contribution is -2.15. The third-order valence-electron chi connectivity index (χ3n) is 3.26. The molecule has 0 amide bonds. The van der Waals surface area contributed by atoms with Gasteiger partial charge in [-0.25, -0.2) is 0 Å². The largest absolute Gasteiger partial charge is 0.380 e. The van der Waals surface area contributed by atoms with Gasteiger partial charge in [-0.15, -0.1) is 0 Å². The van der Waals surface area contributed by atoms with E-state index in [2.05, 4.69) is 27.9 Å². The fourth-order valence-electron chi connectivity index (χ4n) is 2.16. The molecule has 3 nitrogen and oxygen atoms in total. The molecule has 0 saturated carbocycles. The van der Waals surface area contributed by atoms with Gasteiger partial charge in [-0.05, 0) is 25.5 Å². The van der Waals surface area contributed by atoms with Crippen LogP contribution in [0.1, 0.15) is 46.0 Å². The molecule has 0 saturated heterocycles. The van der Waals surface area contributed by atoms with Crippen molar-refractivity contribution in [3.63, 3.8) is 0 Å². The molecule has 0 aliphatic rings. The maximum absolute atomic E-state index is 6.26. The highest BCUT2D eigenvalue weighted by Crippen LogP contribution is 2.30. The van der Waals surface area contributed by atoms with Crippen LogP contribution in [0, 0.1) is 0 Å². The van der Waals surface area contributed by atoms with Gasteiger partial charge in [0.05, 0.1) is 22.4 Å². The summed E-state index contributed by atoms with van der Waals surface area (Å²) in [4.78, 5) is 0. The molecule has 2 aromatic rings. The molecule has 1 aromatic carbocycles. The first kappa shape index (κ1) is 14.5. The number of anilines is 1. The normalized spacial score (nSPS) is 12.8. The highest BCUT2D eigenvalue weighted by atomic mass is 35.5. The molecule has 0 spiro atoms. The zero-order valence-electron chi connectivity index (χ0n) is 11.4. The zero-order valence-corrected chi connectivity index (χ0v) is 13.0. The van der Waals surface area contributed by atoms with Crippen molar-refractivity contribution in [3.05, 3.63) is 17.2 Å². The van der Waals surface area contributed by atoms with Gasteiger partial charge in [0.2, 0.25) is 0 Å². The van der Waals surface area contributed by atoms with Crippen molar-refractivity contribution in [2.45, 2.75) is 52.0 Å². The number of unbranched alkanes of at least 4 members (excludes halogenated alkanes) is 3. The number of hydrogen-bond acceptors (Lipinski definition) is 4. The molecule has 0 radical (unpaired) electrons. The van der Waals surface area contributed by atoms with Crippen LogP contribution < -0.4 is 5.32 Å². The SMILES string of the molecule is CCCCCCC(C)Nc1c(Cl)ccc2nsnc12. The second-order valence-corrected chi connectivity index (χ2v) is 5.88. The Balaban J connectivity index is 2.00. The van der Waals surface area contributed by atoms with Crippen LogP contribution in [0.5, 0.6) is 0 Å². The molecule has 1 atom stereocenters. The first-order valence-corrected chi connectivity index (χ1v) is 8.00. The minimum Gasteiger partial charge on any atom is -0.380 e. The maximum atomic E-state index is 6.26. The molecule has 0 aliphatic carbocycles. The minimum atomic E-state index is 0.404. The number of nitrogens with one attached hydrogen (secondary N) is 1. The summed E-state index contributed by atoms with van der Waals surface area (Å²) in [5.74, 6) is 0. The van der Waals surface area contributed by atoms with E-state index in [4.69, 9.17) is 11.6 Å². The van der Waals surface area contributed by atoms with E-state index in [1.165, 1.54) is 37.4 Å². The van der Waals surface area contributed by atoms with Gasteiger partial charge in [0.1, 0.15) is 11.0 Å². The monoisotopic (exact) mass is 297 g/mol.